The van der Waals surface area contributed by atoms with E-state index in [2.05, 4.69) is 20.7 Å². The molecule has 0 aliphatic carbocycles. The van der Waals surface area contributed by atoms with E-state index in [1.54, 1.807) is 10.9 Å². The molecule has 2 rings (SSSR count). The zero-order chi connectivity index (χ0) is 12.3. The average Bonchev–Trinajstić information content (AvgIpc) is 2.72. The van der Waals surface area contributed by atoms with Gasteiger partial charge in [0.25, 0.3) is 0 Å². The number of aryl methyl sites for hydroxylation is 2. The van der Waals surface area contributed by atoms with Crippen molar-refractivity contribution in [3.8, 4) is 0 Å². The Bertz CT molecular complexity index is 492. The summed E-state index contributed by atoms with van der Waals surface area (Å²) in [5, 5.41) is 7.93. The third-order valence-electron chi connectivity index (χ3n) is 2.56. The second-order valence-corrected chi connectivity index (χ2v) is 4.06. The molecule has 0 fully saturated rings. The number of rotatable bonds is 4. The first-order chi connectivity index (χ1) is 8.19. The number of hydrogen-bond donors (Lipinski definition) is 2. The van der Waals surface area contributed by atoms with Crippen LogP contribution in [0.3, 0.4) is 0 Å². The highest BCUT2D eigenvalue weighted by Crippen LogP contribution is 2.15. The van der Waals surface area contributed by atoms with Crippen molar-refractivity contribution in [3.05, 3.63) is 41.5 Å². The number of aromatic nitrogens is 4. The summed E-state index contributed by atoms with van der Waals surface area (Å²) >= 11 is 0. The van der Waals surface area contributed by atoms with Crippen molar-refractivity contribution in [3.63, 3.8) is 0 Å². The van der Waals surface area contributed by atoms with E-state index < -0.39 is 0 Å². The molecule has 0 amide bonds. The first-order valence-corrected chi connectivity index (χ1v) is 5.43. The summed E-state index contributed by atoms with van der Waals surface area (Å²) in [5.74, 6) is 5.56. The first-order valence-electron chi connectivity index (χ1n) is 5.43. The van der Waals surface area contributed by atoms with Gasteiger partial charge in [0.1, 0.15) is 0 Å². The maximum atomic E-state index is 5.56. The van der Waals surface area contributed by atoms with E-state index in [1.165, 1.54) is 0 Å². The molecule has 0 aliphatic rings. The zero-order valence-electron chi connectivity index (χ0n) is 9.96. The van der Waals surface area contributed by atoms with Gasteiger partial charge < -0.3 is 0 Å². The van der Waals surface area contributed by atoms with Crippen LogP contribution in [0.5, 0.6) is 0 Å². The molecule has 0 aromatic carbocycles. The van der Waals surface area contributed by atoms with Crippen LogP contribution in [0.15, 0.2) is 24.5 Å². The number of nitrogens with two attached hydrogens (primary N) is 1. The van der Waals surface area contributed by atoms with Gasteiger partial charge in [-0.3, -0.25) is 20.9 Å². The maximum Gasteiger partial charge on any atom is 0.0847 e. The van der Waals surface area contributed by atoms with Gasteiger partial charge in [0, 0.05) is 25.9 Å². The van der Waals surface area contributed by atoms with Crippen LogP contribution >= 0.6 is 0 Å². The normalized spacial score (nSPS) is 12.6. The summed E-state index contributed by atoms with van der Waals surface area (Å²) in [6.07, 6.45) is 4.33. The third kappa shape index (κ3) is 2.86. The number of nitrogens with one attached hydrogen (secondary N) is 1. The molecule has 0 saturated carbocycles. The second-order valence-electron chi connectivity index (χ2n) is 4.06. The Hall–Kier alpha value is -1.79. The summed E-state index contributed by atoms with van der Waals surface area (Å²) in [6.45, 7) is 2.03. The molecule has 90 valence electrons. The molecule has 0 aliphatic heterocycles. The Kier molecular flexibility index (Phi) is 3.46. The van der Waals surface area contributed by atoms with Crippen LogP contribution in [0.25, 0.3) is 0 Å². The predicted molar refractivity (Wildman–Crippen MR) is 63.7 cm³/mol. The van der Waals surface area contributed by atoms with Crippen LogP contribution in [-0.2, 0) is 13.5 Å². The first kappa shape index (κ1) is 11.7. The smallest absolute Gasteiger partial charge is 0.0847 e. The largest absolute Gasteiger partial charge is 0.271 e. The molecule has 0 radical (unpaired) electrons. The highest BCUT2D eigenvalue weighted by molar-refractivity contribution is 5.18. The lowest BCUT2D eigenvalue weighted by Crippen LogP contribution is -2.30. The number of nitrogens with zero attached hydrogens (tertiary/aromatic N) is 4. The van der Waals surface area contributed by atoms with Crippen LogP contribution in [0, 0.1) is 6.92 Å². The summed E-state index contributed by atoms with van der Waals surface area (Å²) in [6, 6.07) is 3.92. The second kappa shape index (κ2) is 5.03. The van der Waals surface area contributed by atoms with Gasteiger partial charge in [0.15, 0.2) is 0 Å². The molecule has 0 saturated heterocycles. The topological polar surface area (TPSA) is 81.7 Å². The van der Waals surface area contributed by atoms with Crippen molar-refractivity contribution in [2.45, 2.75) is 19.4 Å². The highest BCUT2D eigenvalue weighted by atomic mass is 15.4. The Morgan fingerprint density at radius 2 is 2.35 bits per heavy atom. The lowest BCUT2D eigenvalue weighted by molar-refractivity contribution is 0.532. The van der Waals surface area contributed by atoms with Gasteiger partial charge in [-0.2, -0.15) is 0 Å². The van der Waals surface area contributed by atoms with Gasteiger partial charge in [-0.15, -0.1) is 5.10 Å². The van der Waals surface area contributed by atoms with Gasteiger partial charge in [0.05, 0.1) is 17.4 Å². The van der Waals surface area contributed by atoms with Gasteiger partial charge in [-0.25, -0.2) is 0 Å². The Labute approximate surface area is 99.8 Å². The van der Waals surface area contributed by atoms with E-state index in [1.807, 2.05) is 32.3 Å². The molecule has 2 aromatic rings. The van der Waals surface area contributed by atoms with Crippen molar-refractivity contribution in [1.29, 1.82) is 0 Å². The molecule has 3 N–H and O–H groups in total. The van der Waals surface area contributed by atoms with E-state index in [0.717, 1.165) is 17.0 Å². The number of pyridine rings is 1. The van der Waals surface area contributed by atoms with E-state index in [0.29, 0.717) is 6.42 Å². The van der Waals surface area contributed by atoms with E-state index in [9.17, 15) is 0 Å². The maximum absolute atomic E-state index is 5.56. The predicted octanol–water partition coefficient (Wildman–Crippen LogP) is 0.266. The van der Waals surface area contributed by atoms with Crippen LogP contribution in [0.2, 0.25) is 0 Å². The standard InChI is InChI=1S/C11H16N6/c1-8-3-4-13-10(5-8)11(14-12)6-9-7-17(2)16-15-9/h3-5,7,11,14H,6,12H2,1-2H3. The van der Waals surface area contributed by atoms with Crippen molar-refractivity contribution in [2.24, 2.45) is 12.9 Å². The summed E-state index contributed by atoms with van der Waals surface area (Å²) in [4.78, 5) is 4.32. The minimum atomic E-state index is -0.0494. The van der Waals surface area contributed by atoms with Crippen molar-refractivity contribution in [1.82, 2.24) is 25.4 Å². The van der Waals surface area contributed by atoms with Gasteiger partial charge in [-0.05, 0) is 24.6 Å². The molecule has 1 atom stereocenters. The minimum Gasteiger partial charge on any atom is -0.271 e. The van der Waals surface area contributed by atoms with E-state index in [-0.39, 0.29) is 6.04 Å². The van der Waals surface area contributed by atoms with Gasteiger partial charge >= 0.3 is 0 Å². The number of hydrogen-bond acceptors (Lipinski definition) is 5. The number of hydrazine groups is 1. The average molecular weight is 232 g/mol. The molecule has 1 unspecified atom stereocenters. The third-order valence-corrected chi connectivity index (χ3v) is 2.56. The summed E-state index contributed by atoms with van der Waals surface area (Å²) in [5.41, 5.74) is 5.73. The lowest BCUT2D eigenvalue weighted by atomic mass is 10.1. The van der Waals surface area contributed by atoms with Crippen LogP contribution in [-0.4, -0.2) is 20.0 Å². The quantitative estimate of drug-likeness (QED) is 0.584. The molecule has 17 heavy (non-hydrogen) atoms. The SMILES string of the molecule is Cc1ccnc(C(Cc2cn(C)nn2)NN)c1. The van der Waals surface area contributed by atoms with Crippen LogP contribution in [0.4, 0.5) is 0 Å². The zero-order valence-corrected chi connectivity index (χ0v) is 9.96. The molecule has 0 spiro atoms. The molecular formula is C11H16N6. The molecule has 2 heterocycles. The van der Waals surface area contributed by atoms with Crippen LogP contribution in [0.1, 0.15) is 23.0 Å². The monoisotopic (exact) mass is 232 g/mol. The fraction of sp³-hybridized carbons (Fsp3) is 0.364. The molecule has 6 nitrogen and oxygen atoms in total. The molecular weight excluding hydrogens is 216 g/mol. The molecule has 6 heteroatoms. The van der Waals surface area contributed by atoms with Crippen molar-refractivity contribution in [2.75, 3.05) is 0 Å². The minimum absolute atomic E-state index is 0.0494. The fourth-order valence-corrected chi connectivity index (χ4v) is 1.70. The fourth-order valence-electron chi connectivity index (χ4n) is 1.70. The summed E-state index contributed by atoms with van der Waals surface area (Å²) in [7, 11) is 1.84. The van der Waals surface area contributed by atoms with Gasteiger partial charge in [0.2, 0.25) is 0 Å². The van der Waals surface area contributed by atoms with Crippen molar-refractivity contribution < 1.29 is 0 Å². The molecule has 0 bridgehead atoms. The Morgan fingerprint density at radius 3 is 2.94 bits per heavy atom. The summed E-state index contributed by atoms with van der Waals surface area (Å²) < 4.78 is 1.67. The van der Waals surface area contributed by atoms with Gasteiger partial charge in [-0.1, -0.05) is 5.21 Å². The lowest BCUT2D eigenvalue weighted by Gasteiger charge is -2.14. The Morgan fingerprint density at radius 1 is 1.53 bits per heavy atom. The Balaban J connectivity index is 2.16. The van der Waals surface area contributed by atoms with Crippen molar-refractivity contribution >= 4 is 0 Å². The van der Waals surface area contributed by atoms with E-state index in [4.69, 9.17) is 5.84 Å². The highest BCUT2D eigenvalue weighted by Gasteiger charge is 2.13. The molecule has 2 aromatic heterocycles. The van der Waals surface area contributed by atoms with E-state index >= 15 is 0 Å². The van der Waals surface area contributed by atoms with Crippen LogP contribution < -0.4 is 11.3 Å².